The molecule has 0 aromatic heterocycles. The zero-order chi connectivity index (χ0) is 15.7. The van der Waals surface area contributed by atoms with Crippen LogP contribution in [0.2, 0.25) is 0 Å². The maximum Gasteiger partial charge on any atom is 0.243 e. The van der Waals surface area contributed by atoms with Gasteiger partial charge in [-0.2, -0.15) is 0 Å². The molecule has 0 saturated heterocycles. The van der Waals surface area contributed by atoms with Crippen molar-refractivity contribution in [2.75, 3.05) is 0 Å². The van der Waals surface area contributed by atoms with Crippen LogP contribution in [0.4, 0.5) is 4.39 Å². The topological polar surface area (TPSA) is 49.3 Å². The van der Waals surface area contributed by atoms with Crippen molar-refractivity contribution in [3.05, 3.63) is 70.2 Å². The Morgan fingerprint density at radius 3 is 2.41 bits per heavy atom. The van der Waals surface area contributed by atoms with Gasteiger partial charge in [0.2, 0.25) is 5.91 Å². The fraction of sp³-hybridized carbons (Fsp3) is 0.235. The van der Waals surface area contributed by atoms with Crippen molar-refractivity contribution in [3.63, 3.8) is 0 Å². The highest BCUT2D eigenvalue weighted by Crippen LogP contribution is 2.68. The number of rotatable bonds is 4. The molecule has 2 N–H and O–H groups in total. The van der Waals surface area contributed by atoms with Crippen LogP contribution < -0.4 is 5.48 Å². The molecule has 0 aliphatic heterocycles. The molecule has 1 amide bonds. The predicted octanol–water partition coefficient (Wildman–Crippen LogP) is 3.92. The Morgan fingerprint density at radius 2 is 1.82 bits per heavy atom. The van der Waals surface area contributed by atoms with Gasteiger partial charge >= 0.3 is 0 Å². The van der Waals surface area contributed by atoms with Gasteiger partial charge in [-0.3, -0.25) is 10.0 Å². The molecule has 2 aromatic rings. The number of hydrogen-bond acceptors (Lipinski definition) is 2. The van der Waals surface area contributed by atoms with Crippen LogP contribution in [0.25, 0.3) is 0 Å². The van der Waals surface area contributed by atoms with Crippen LogP contribution in [0, 0.1) is 5.92 Å². The van der Waals surface area contributed by atoms with Crippen molar-refractivity contribution in [1.82, 2.24) is 5.48 Å². The maximum absolute atomic E-state index is 15.6. The normalized spacial score (nSPS) is 26.5. The molecule has 0 heterocycles. The molecule has 3 rings (SSSR count). The van der Waals surface area contributed by atoms with Gasteiger partial charge in [0.05, 0.1) is 0 Å². The lowest BCUT2D eigenvalue weighted by Crippen LogP contribution is -2.20. The SMILES string of the molecule is O=C(CC1C(c2ccc(Br)cc2)C1(F)c1ccccc1)NO. The molecule has 1 fully saturated rings. The zero-order valence-electron chi connectivity index (χ0n) is 11.7. The molecule has 2 aromatic carbocycles. The average Bonchev–Trinajstić information content (AvgIpc) is 3.14. The molecule has 1 aliphatic carbocycles. The van der Waals surface area contributed by atoms with E-state index in [2.05, 4.69) is 15.9 Å². The molecule has 3 unspecified atom stereocenters. The highest BCUT2D eigenvalue weighted by molar-refractivity contribution is 9.10. The van der Waals surface area contributed by atoms with Crippen molar-refractivity contribution >= 4 is 21.8 Å². The van der Waals surface area contributed by atoms with E-state index < -0.39 is 17.5 Å². The Kier molecular flexibility index (Phi) is 4.02. The van der Waals surface area contributed by atoms with Crippen LogP contribution in [-0.2, 0) is 10.5 Å². The molecule has 1 saturated carbocycles. The Hall–Kier alpha value is -1.72. The minimum absolute atomic E-state index is 0.0530. The highest BCUT2D eigenvalue weighted by Gasteiger charge is 2.67. The summed E-state index contributed by atoms with van der Waals surface area (Å²) in [4.78, 5) is 11.5. The molecule has 22 heavy (non-hydrogen) atoms. The van der Waals surface area contributed by atoms with Crippen LogP contribution in [0.5, 0.6) is 0 Å². The van der Waals surface area contributed by atoms with E-state index in [1.165, 1.54) is 0 Å². The second-order valence-corrected chi connectivity index (χ2v) is 6.42. The zero-order valence-corrected chi connectivity index (χ0v) is 13.3. The lowest BCUT2D eigenvalue weighted by molar-refractivity contribution is -0.129. The number of benzene rings is 2. The third kappa shape index (κ3) is 2.55. The number of hydrogen-bond donors (Lipinski definition) is 2. The Balaban J connectivity index is 1.95. The van der Waals surface area contributed by atoms with Crippen molar-refractivity contribution in [2.24, 2.45) is 5.92 Å². The van der Waals surface area contributed by atoms with E-state index in [0.717, 1.165) is 10.0 Å². The number of carbonyl (C=O) groups excluding carboxylic acids is 1. The Morgan fingerprint density at radius 1 is 1.18 bits per heavy atom. The molecular weight excluding hydrogens is 349 g/mol. The standard InChI is InChI=1S/C17H15BrFNO2/c18-13-8-6-11(7-9-13)16-14(10-15(21)20-22)17(16,19)12-4-2-1-3-5-12/h1-9,14,16,22H,10H2,(H,20,21). The maximum atomic E-state index is 15.6. The first-order valence-corrected chi connectivity index (χ1v) is 7.79. The van der Waals surface area contributed by atoms with Gasteiger partial charge in [-0.15, -0.1) is 0 Å². The number of alkyl halides is 1. The minimum Gasteiger partial charge on any atom is -0.289 e. The fourth-order valence-corrected chi connectivity index (χ4v) is 3.43. The number of hydroxylamine groups is 1. The summed E-state index contributed by atoms with van der Waals surface area (Å²) in [7, 11) is 0. The van der Waals surface area contributed by atoms with Gasteiger partial charge in [0.15, 0.2) is 0 Å². The number of carbonyl (C=O) groups is 1. The van der Waals surface area contributed by atoms with Crippen molar-refractivity contribution in [3.8, 4) is 0 Å². The van der Waals surface area contributed by atoms with E-state index in [1.54, 1.807) is 29.7 Å². The van der Waals surface area contributed by atoms with E-state index >= 15 is 4.39 Å². The summed E-state index contributed by atoms with van der Waals surface area (Å²) in [6.07, 6.45) is -0.0530. The fourth-order valence-electron chi connectivity index (χ4n) is 3.17. The first-order chi connectivity index (χ1) is 10.6. The lowest BCUT2D eigenvalue weighted by Gasteiger charge is -2.09. The summed E-state index contributed by atoms with van der Waals surface area (Å²) in [6.45, 7) is 0. The monoisotopic (exact) mass is 363 g/mol. The van der Waals surface area contributed by atoms with Gasteiger partial charge in [-0.05, 0) is 23.3 Å². The second-order valence-electron chi connectivity index (χ2n) is 5.51. The van der Waals surface area contributed by atoms with Crippen LogP contribution in [0.15, 0.2) is 59.1 Å². The van der Waals surface area contributed by atoms with Gasteiger partial charge in [-0.1, -0.05) is 58.4 Å². The van der Waals surface area contributed by atoms with E-state index in [4.69, 9.17) is 5.21 Å². The molecule has 1 aliphatic rings. The van der Waals surface area contributed by atoms with E-state index in [0.29, 0.717) is 5.56 Å². The molecule has 5 heteroatoms. The van der Waals surface area contributed by atoms with Gasteiger partial charge in [-0.25, -0.2) is 9.87 Å². The first-order valence-electron chi connectivity index (χ1n) is 7.00. The summed E-state index contributed by atoms with van der Waals surface area (Å²) in [6, 6.07) is 16.3. The van der Waals surface area contributed by atoms with Crippen molar-refractivity contribution < 1.29 is 14.4 Å². The summed E-state index contributed by atoms with van der Waals surface area (Å²) in [5.74, 6) is -1.44. The largest absolute Gasteiger partial charge is 0.289 e. The first kappa shape index (κ1) is 15.2. The van der Waals surface area contributed by atoms with Gasteiger partial charge in [0, 0.05) is 22.7 Å². The summed E-state index contributed by atoms with van der Waals surface area (Å²) >= 11 is 3.36. The lowest BCUT2D eigenvalue weighted by atomic mass is 10.0. The second kappa shape index (κ2) is 5.82. The van der Waals surface area contributed by atoms with Crippen LogP contribution in [0.1, 0.15) is 23.5 Å². The average molecular weight is 364 g/mol. The van der Waals surface area contributed by atoms with Crippen LogP contribution in [0.3, 0.4) is 0 Å². The number of nitrogens with one attached hydrogen (secondary N) is 1. The third-order valence-corrected chi connectivity index (χ3v) is 4.79. The predicted molar refractivity (Wildman–Crippen MR) is 84.1 cm³/mol. The quantitative estimate of drug-likeness (QED) is 0.638. The van der Waals surface area contributed by atoms with Gasteiger partial charge < -0.3 is 0 Å². The Labute approximate surface area is 136 Å². The van der Waals surface area contributed by atoms with E-state index in [1.807, 2.05) is 30.3 Å². The van der Waals surface area contributed by atoms with E-state index in [-0.39, 0.29) is 12.3 Å². The van der Waals surface area contributed by atoms with E-state index in [9.17, 15) is 4.79 Å². The molecular formula is C17H15BrFNO2. The van der Waals surface area contributed by atoms with Crippen molar-refractivity contribution in [2.45, 2.75) is 18.0 Å². The van der Waals surface area contributed by atoms with Crippen molar-refractivity contribution in [1.29, 1.82) is 0 Å². The Bertz CT molecular complexity index is 677. The summed E-state index contributed by atoms with van der Waals surface area (Å²) in [5.41, 5.74) is 1.43. The van der Waals surface area contributed by atoms with Crippen LogP contribution in [-0.4, -0.2) is 11.1 Å². The third-order valence-electron chi connectivity index (χ3n) is 4.26. The van der Waals surface area contributed by atoms with Gasteiger partial charge in [0.25, 0.3) is 0 Å². The van der Waals surface area contributed by atoms with Gasteiger partial charge in [0.1, 0.15) is 5.67 Å². The summed E-state index contributed by atoms with van der Waals surface area (Å²) in [5, 5.41) is 8.72. The highest BCUT2D eigenvalue weighted by atomic mass is 79.9. The number of halogens is 2. The molecule has 0 spiro atoms. The molecule has 3 atom stereocenters. The molecule has 0 radical (unpaired) electrons. The number of amides is 1. The molecule has 3 nitrogen and oxygen atoms in total. The molecule has 0 bridgehead atoms. The van der Waals surface area contributed by atoms with Crippen LogP contribution >= 0.6 is 15.9 Å². The molecule has 114 valence electrons. The summed E-state index contributed by atoms with van der Waals surface area (Å²) < 4.78 is 16.5. The minimum atomic E-state index is -1.58. The smallest absolute Gasteiger partial charge is 0.243 e.